The maximum Gasteiger partial charge on any atom is 0.526 e. The van der Waals surface area contributed by atoms with Gasteiger partial charge < -0.3 is 12.4 Å². The molecule has 4 nitrogen and oxygen atoms in total. The molecule has 19 heavy (non-hydrogen) atoms. The van der Waals surface area contributed by atoms with Gasteiger partial charge in [-0.2, -0.15) is 0 Å². The van der Waals surface area contributed by atoms with E-state index in [-0.39, 0.29) is 16.7 Å². The zero-order valence-corrected chi connectivity index (χ0v) is 13.8. The lowest BCUT2D eigenvalue weighted by atomic mass is 9.86. The molecule has 0 saturated heterocycles. The monoisotopic (exact) mass is 311 g/mol. The summed E-state index contributed by atoms with van der Waals surface area (Å²) in [5.74, 6) is 0. The van der Waals surface area contributed by atoms with E-state index in [9.17, 15) is 14.4 Å². The maximum atomic E-state index is 12.1. The summed E-state index contributed by atoms with van der Waals surface area (Å²) in [6.45, 7) is 13.9. The van der Waals surface area contributed by atoms with Crippen LogP contribution in [-0.2, 0) is 4.57 Å². The highest BCUT2D eigenvalue weighted by Crippen LogP contribution is 2.57. The van der Waals surface area contributed by atoms with Crippen LogP contribution in [0.15, 0.2) is 25.3 Å². The molecular weight excluding hydrogens is 285 g/mol. The largest absolute Gasteiger partial charge is 1.00 e. The molecule has 0 rings (SSSR count). The SMILES string of the molecule is C=CCC(CC)(CC=C)[N+](CC)(CC)P(=O)(O)O.[Cl-]. The Kier molecular flexibility index (Phi) is 9.18. The van der Waals surface area contributed by atoms with Crippen molar-refractivity contribution in [2.24, 2.45) is 0 Å². The average Bonchev–Trinajstić information content (AvgIpc) is 2.29. The molecule has 0 aromatic carbocycles. The van der Waals surface area contributed by atoms with Crippen LogP contribution >= 0.6 is 7.75 Å². The van der Waals surface area contributed by atoms with Crippen molar-refractivity contribution >= 4 is 7.75 Å². The first kappa shape index (κ1) is 21.2. The molecule has 0 heterocycles. The predicted molar refractivity (Wildman–Crippen MR) is 76.0 cm³/mol. The molecule has 0 aliphatic carbocycles. The van der Waals surface area contributed by atoms with Crippen LogP contribution in [0.4, 0.5) is 0 Å². The van der Waals surface area contributed by atoms with E-state index >= 15 is 0 Å². The first-order chi connectivity index (χ1) is 8.30. The topological polar surface area (TPSA) is 57.5 Å². The number of hydrogen-bond acceptors (Lipinski definition) is 1. The Labute approximate surface area is 123 Å². The van der Waals surface area contributed by atoms with Crippen molar-refractivity contribution in [2.45, 2.75) is 45.6 Å². The number of halogens is 1. The van der Waals surface area contributed by atoms with Gasteiger partial charge in [0.2, 0.25) is 0 Å². The van der Waals surface area contributed by atoms with Gasteiger partial charge in [-0.15, -0.1) is 13.2 Å². The van der Waals surface area contributed by atoms with Gasteiger partial charge in [0.1, 0.15) is 5.54 Å². The molecule has 0 aliphatic rings. The molecule has 0 aromatic heterocycles. The molecule has 0 radical (unpaired) electrons. The summed E-state index contributed by atoms with van der Waals surface area (Å²) < 4.78 is 11.9. The van der Waals surface area contributed by atoms with Crippen LogP contribution in [0, 0.1) is 0 Å². The fourth-order valence-electron chi connectivity index (χ4n) is 3.08. The van der Waals surface area contributed by atoms with Crippen molar-refractivity contribution in [3.05, 3.63) is 25.3 Å². The normalized spacial score (nSPS) is 12.7. The van der Waals surface area contributed by atoms with E-state index in [1.807, 2.05) is 20.8 Å². The Balaban J connectivity index is 0. The van der Waals surface area contributed by atoms with Crippen molar-refractivity contribution in [1.82, 2.24) is 0 Å². The van der Waals surface area contributed by atoms with E-state index < -0.39 is 13.3 Å². The van der Waals surface area contributed by atoms with Crippen molar-refractivity contribution in [3.8, 4) is 0 Å². The van der Waals surface area contributed by atoms with E-state index in [2.05, 4.69) is 13.2 Å². The first-order valence-corrected chi connectivity index (χ1v) is 8.02. The van der Waals surface area contributed by atoms with E-state index in [4.69, 9.17) is 0 Å². The zero-order chi connectivity index (χ0) is 14.4. The molecule has 114 valence electrons. The molecule has 0 aromatic rings. The van der Waals surface area contributed by atoms with Crippen LogP contribution in [0.2, 0.25) is 0 Å². The minimum atomic E-state index is -4.26. The van der Waals surface area contributed by atoms with Gasteiger partial charge in [-0.1, -0.05) is 19.1 Å². The molecule has 2 N–H and O–H groups in total. The van der Waals surface area contributed by atoms with Gasteiger partial charge in [0.15, 0.2) is 0 Å². The van der Waals surface area contributed by atoms with Crippen LogP contribution in [-0.4, -0.2) is 32.7 Å². The summed E-state index contributed by atoms with van der Waals surface area (Å²) in [7, 11) is -4.26. The lowest BCUT2D eigenvalue weighted by Gasteiger charge is -2.51. The molecule has 0 unspecified atom stereocenters. The summed E-state index contributed by atoms with van der Waals surface area (Å²) in [5.41, 5.74) is -0.522. The highest BCUT2D eigenvalue weighted by atomic mass is 35.5. The van der Waals surface area contributed by atoms with Gasteiger partial charge in [0, 0.05) is 19.3 Å². The Morgan fingerprint density at radius 3 is 1.63 bits per heavy atom. The molecule has 0 fully saturated rings. The second-order valence-electron chi connectivity index (χ2n) is 4.63. The van der Waals surface area contributed by atoms with E-state index in [1.54, 1.807) is 12.2 Å². The number of quaternary nitrogens is 1. The smallest absolute Gasteiger partial charge is 0.526 e. The van der Waals surface area contributed by atoms with Gasteiger partial charge in [0.05, 0.1) is 13.1 Å². The van der Waals surface area contributed by atoms with Gasteiger partial charge in [-0.3, -0.25) is 9.79 Å². The third-order valence-corrected chi connectivity index (χ3v) is 6.12. The van der Waals surface area contributed by atoms with Gasteiger partial charge >= 0.3 is 7.75 Å². The highest BCUT2D eigenvalue weighted by Gasteiger charge is 2.57. The Morgan fingerprint density at radius 2 is 1.47 bits per heavy atom. The van der Waals surface area contributed by atoms with Crippen molar-refractivity contribution in [1.29, 1.82) is 0 Å². The van der Waals surface area contributed by atoms with Crippen LogP contribution < -0.4 is 12.4 Å². The van der Waals surface area contributed by atoms with E-state index in [1.165, 1.54) is 0 Å². The number of nitrogens with zero attached hydrogens (tertiary/aromatic N) is 1. The van der Waals surface area contributed by atoms with Crippen LogP contribution in [0.1, 0.15) is 40.0 Å². The third kappa shape index (κ3) is 3.71. The second-order valence-corrected chi connectivity index (χ2v) is 6.42. The standard InChI is InChI=1S/C13H26NO3P.ClH/c1-6-11-13(8-3,12-7-2)14(9-4,10-5)18(15,16)17;/h6-7H,1-2,8-12H2,3-5H3,(H-,15,16,17);1H. The molecular formula is C13H27ClNO3P. The molecule has 0 aliphatic heterocycles. The predicted octanol–water partition coefficient (Wildman–Crippen LogP) is 0.241. The quantitative estimate of drug-likeness (QED) is 0.474. The molecule has 0 spiro atoms. The van der Waals surface area contributed by atoms with Crippen molar-refractivity contribution < 1.29 is 31.0 Å². The summed E-state index contributed by atoms with van der Waals surface area (Å²) >= 11 is 0. The lowest BCUT2D eigenvalue weighted by Crippen LogP contribution is -3.00. The fraction of sp³-hybridized carbons (Fsp3) is 0.692. The van der Waals surface area contributed by atoms with Crippen LogP contribution in [0.3, 0.4) is 0 Å². The second kappa shape index (κ2) is 8.23. The van der Waals surface area contributed by atoms with Gasteiger partial charge in [-0.25, -0.2) is 8.82 Å². The summed E-state index contributed by atoms with van der Waals surface area (Å²) in [6, 6.07) is 0. The minimum absolute atomic E-state index is 0. The lowest BCUT2D eigenvalue weighted by molar-refractivity contribution is -0.875. The molecule has 0 saturated carbocycles. The minimum Gasteiger partial charge on any atom is -1.00 e. The van der Waals surface area contributed by atoms with Crippen LogP contribution in [0.25, 0.3) is 0 Å². The van der Waals surface area contributed by atoms with Crippen LogP contribution in [0.5, 0.6) is 0 Å². The maximum absolute atomic E-state index is 12.1. The average molecular weight is 312 g/mol. The Bertz CT molecular complexity index is 327. The molecule has 6 heteroatoms. The Hall–Kier alpha value is -0.120. The zero-order valence-electron chi connectivity index (χ0n) is 12.2. The van der Waals surface area contributed by atoms with Gasteiger partial charge in [-0.05, 0) is 13.8 Å². The van der Waals surface area contributed by atoms with Crippen molar-refractivity contribution in [3.63, 3.8) is 0 Å². The third-order valence-electron chi connectivity index (χ3n) is 4.13. The summed E-state index contributed by atoms with van der Waals surface area (Å²) in [6.07, 6.45) is 5.32. The summed E-state index contributed by atoms with van der Waals surface area (Å²) in [5, 5.41) is 0. The highest BCUT2D eigenvalue weighted by molar-refractivity contribution is 7.45. The summed E-state index contributed by atoms with van der Waals surface area (Å²) in [4.78, 5) is 19.7. The fourth-order valence-corrected chi connectivity index (χ4v) is 4.68. The van der Waals surface area contributed by atoms with Crippen molar-refractivity contribution in [2.75, 3.05) is 13.1 Å². The number of rotatable bonds is 9. The van der Waals surface area contributed by atoms with E-state index in [0.29, 0.717) is 32.4 Å². The first-order valence-electron chi connectivity index (χ1n) is 6.45. The van der Waals surface area contributed by atoms with Gasteiger partial charge in [0.25, 0.3) is 0 Å². The molecule has 0 amide bonds. The molecule has 0 atom stereocenters. The van der Waals surface area contributed by atoms with E-state index in [0.717, 1.165) is 0 Å². The number of hydrogen-bond donors (Lipinski definition) is 2. The molecule has 0 bridgehead atoms. The Morgan fingerprint density at radius 1 is 1.11 bits per heavy atom.